The Bertz CT molecular complexity index is 925. The lowest BCUT2D eigenvalue weighted by Gasteiger charge is -2.07. The summed E-state index contributed by atoms with van der Waals surface area (Å²) >= 11 is 0. The first-order valence-electron chi connectivity index (χ1n) is 6.32. The Kier molecular flexibility index (Phi) is 3.13. The molecule has 0 N–H and O–H groups in total. The van der Waals surface area contributed by atoms with E-state index in [2.05, 4.69) is 5.92 Å². The van der Waals surface area contributed by atoms with Gasteiger partial charge in [0.1, 0.15) is 5.58 Å². The van der Waals surface area contributed by atoms with Crippen LogP contribution in [0.5, 0.6) is 0 Å². The fourth-order valence-corrected chi connectivity index (χ4v) is 2.30. The predicted octanol–water partition coefficient (Wildman–Crippen LogP) is 3.25. The van der Waals surface area contributed by atoms with Gasteiger partial charge >= 0.3 is 5.63 Å². The Morgan fingerprint density at radius 2 is 1.76 bits per heavy atom. The van der Waals surface area contributed by atoms with Crippen molar-refractivity contribution in [2.24, 2.45) is 0 Å². The van der Waals surface area contributed by atoms with Gasteiger partial charge in [0.15, 0.2) is 6.29 Å². The summed E-state index contributed by atoms with van der Waals surface area (Å²) in [5.41, 5.74) is 1.76. The average molecular weight is 274 g/mol. The van der Waals surface area contributed by atoms with Gasteiger partial charge in [-0.15, -0.1) is 6.42 Å². The van der Waals surface area contributed by atoms with Gasteiger partial charge in [-0.3, -0.25) is 4.79 Å². The van der Waals surface area contributed by atoms with Gasteiger partial charge in [-0.05, 0) is 23.8 Å². The van der Waals surface area contributed by atoms with Crippen LogP contribution in [0.1, 0.15) is 15.9 Å². The monoisotopic (exact) mass is 274 g/mol. The minimum absolute atomic E-state index is 0.257. The number of para-hydroxylation sites is 1. The molecule has 0 spiro atoms. The summed E-state index contributed by atoms with van der Waals surface area (Å²) in [5, 5.41) is 0.614. The largest absolute Gasteiger partial charge is 0.422 e. The van der Waals surface area contributed by atoms with Gasteiger partial charge in [-0.2, -0.15) is 0 Å². The molecule has 0 saturated carbocycles. The lowest BCUT2D eigenvalue weighted by Crippen LogP contribution is -2.07. The van der Waals surface area contributed by atoms with Crippen molar-refractivity contribution < 1.29 is 9.21 Å². The van der Waals surface area contributed by atoms with Gasteiger partial charge in [0.2, 0.25) is 0 Å². The van der Waals surface area contributed by atoms with E-state index >= 15 is 0 Å². The number of terminal acetylenes is 1. The van der Waals surface area contributed by atoms with Crippen molar-refractivity contribution in [3.63, 3.8) is 0 Å². The molecule has 0 bridgehead atoms. The first-order chi connectivity index (χ1) is 10.2. The van der Waals surface area contributed by atoms with Crippen LogP contribution in [0, 0.1) is 12.3 Å². The highest BCUT2D eigenvalue weighted by atomic mass is 16.4. The van der Waals surface area contributed by atoms with Crippen molar-refractivity contribution in [1.82, 2.24) is 0 Å². The summed E-state index contributed by atoms with van der Waals surface area (Å²) in [4.78, 5) is 23.7. The number of rotatable bonds is 2. The van der Waals surface area contributed by atoms with Gasteiger partial charge < -0.3 is 4.42 Å². The Balaban J connectivity index is 2.36. The van der Waals surface area contributed by atoms with E-state index in [0.29, 0.717) is 33.9 Å². The molecule has 0 aliphatic rings. The number of fused-ring (bicyclic) bond motifs is 1. The molecule has 0 amide bonds. The molecule has 1 heterocycles. The lowest BCUT2D eigenvalue weighted by molar-refractivity contribution is 0.112. The summed E-state index contributed by atoms with van der Waals surface area (Å²) in [6, 6.07) is 13.8. The number of hydrogen-bond donors (Lipinski definition) is 0. The van der Waals surface area contributed by atoms with E-state index in [0.717, 1.165) is 0 Å². The van der Waals surface area contributed by atoms with Gasteiger partial charge in [0.05, 0.1) is 5.56 Å². The summed E-state index contributed by atoms with van der Waals surface area (Å²) < 4.78 is 5.29. The zero-order chi connectivity index (χ0) is 14.8. The van der Waals surface area contributed by atoms with Gasteiger partial charge in [0, 0.05) is 16.5 Å². The molecule has 1 aromatic heterocycles. The molecular formula is C18H10O3. The first-order valence-corrected chi connectivity index (χ1v) is 6.32. The van der Waals surface area contributed by atoms with Crippen LogP contribution in [-0.2, 0) is 0 Å². The molecular weight excluding hydrogens is 264 g/mol. The Morgan fingerprint density at radius 1 is 1.05 bits per heavy atom. The first kappa shape index (κ1) is 12.9. The normalized spacial score (nSPS) is 10.2. The zero-order valence-corrected chi connectivity index (χ0v) is 11.0. The average Bonchev–Trinajstić information content (AvgIpc) is 2.53. The van der Waals surface area contributed by atoms with Gasteiger partial charge in [-0.25, -0.2) is 4.79 Å². The maximum absolute atomic E-state index is 12.2. The van der Waals surface area contributed by atoms with Crippen LogP contribution >= 0.6 is 0 Å². The zero-order valence-electron chi connectivity index (χ0n) is 11.0. The molecule has 0 unspecified atom stereocenters. The standard InChI is InChI=1S/C18H10O3/c1-2-12-7-9-13(10-8-12)17-15(11-19)14-5-3-4-6-16(14)21-18(17)20/h1,3-11H. The quantitative estimate of drug-likeness (QED) is 0.409. The van der Waals surface area contributed by atoms with Crippen LogP contribution in [0.25, 0.3) is 22.1 Å². The minimum atomic E-state index is -0.538. The van der Waals surface area contributed by atoms with Crippen molar-refractivity contribution in [3.05, 3.63) is 70.1 Å². The number of carbonyl (C=O) groups is 1. The highest BCUT2D eigenvalue weighted by Crippen LogP contribution is 2.26. The smallest absolute Gasteiger partial charge is 0.344 e. The minimum Gasteiger partial charge on any atom is -0.422 e. The molecule has 21 heavy (non-hydrogen) atoms. The van der Waals surface area contributed by atoms with Crippen LogP contribution in [0.3, 0.4) is 0 Å². The van der Waals surface area contributed by atoms with E-state index < -0.39 is 5.63 Å². The SMILES string of the molecule is C#Cc1ccc(-c2c(C=O)c3ccccc3oc2=O)cc1. The van der Waals surface area contributed by atoms with Crippen molar-refractivity contribution in [3.8, 4) is 23.5 Å². The number of benzene rings is 2. The fourth-order valence-electron chi connectivity index (χ4n) is 2.30. The van der Waals surface area contributed by atoms with Crippen molar-refractivity contribution in [1.29, 1.82) is 0 Å². The molecule has 0 aliphatic heterocycles. The molecule has 0 atom stereocenters. The molecule has 0 fully saturated rings. The molecule has 0 saturated heterocycles. The summed E-state index contributed by atoms with van der Waals surface area (Å²) in [5.74, 6) is 2.51. The van der Waals surface area contributed by atoms with E-state index in [1.165, 1.54) is 0 Å². The molecule has 3 aromatic rings. The molecule has 3 nitrogen and oxygen atoms in total. The Morgan fingerprint density at radius 3 is 2.43 bits per heavy atom. The van der Waals surface area contributed by atoms with E-state index in [1.807, 2.05) is 0 Å². The van der Waals surface area contributed by atoms with Crippen LogP contribution < -0.4 is 5.63 Å². The van der Waals surface area contributed by atoms with Crippen LogP contribution in [-0.4, -0.2) is 6.29 Å². The van der Waals surface area contributed by atoms with Crippen LogP contribution in [0.4, 0.5) is 0 Å². The Hall–Kier alpha value is -3.12. The third-order valence-corrected chi connectivity index (χ3v) is 3.31. The maximum Gasteiger partial charge on any atom is 0.344 e. The predicted molar refractivity (Wildman–Crippen MR) is 81.2 cm³/mol. The van der Waals surface area contributed by atoms with Crippen molar-refractivity contribution in [2.45, 2.75) is 0 Å². The van der Waals surface area contributed by atoms with Crippen molar-refractivity contribution in [2.75, 3.05) is 0 Å². The molecule has 0 radical (unpaired) electrons. The van der Waals surface area contributed by atoms with E-state index in [4.69, 9.17) is 10.8 Å². The number of aldehydes is 1. The second kappa shape index (κ2) is 5.10. The number of carbonyl (C=O) groups excluding carboxylic acids is 1. The van der Waals surface area contributed by atoms with Gasteiger partial charge in [-0.1, -0.05) is 36.3 Å². The van der Waals surface area contributed by atoms with Crippen LogP contribution in [0.15, 0.2) is 57.7 Å². The second-order valence-corrected chi connectivity index (χ2v) is 4.51. The molecule has 2 aromatic carbocycles. The van der Waals surface area contributed by atoms with Crippen molar-refractivity contribution >= 4 is 17.3 Å². The molecule has 0 aliphatic carbocycles. The highest BCUT2D eigenvalue weighted by molar-refractivity contribution is 6.01. The van der Waals surface area contributed by atoms with E-state index in [1.54, 1.807) is 48.5 Å². The van der Waals surface area contributed by atoms with E-state index in [-0.39, 0.29) is 5.56 Å². The van der Waals surface area contributed by atoms with Gasteiger partial charge in [0.25, 0.3) is 0 Å². The van der Waals surface area contributed by atoms with E-state index in [9.17, 15) is 9.59 Å². The third-order valence-electron chi connectivity index (χ3n) is 3.31. The lowest BCUT2D eigenvalue weighted by atomic mass is 9.98. The molecule has 3 rings (SSSR count). The summed E-state index contributed by atoms with van der Waals surface area (Å²) in [6.45, 7) is 0. The fraction of sp³-hybridized carbons (Fsp3) is 0. The molecule has 100 valence electrons. The number of hydrogen-bond acceptors (Lipinski definition) is 3. The Labute approximate surface area is 120 Å². The summed E-state index contributed by atoms with van der Waals surface area (Å²) in [6.07, 6.45) is 6.00. The third kappa shape index (κ3) is 2.13. The molecule has 3 heteroatoms. The highest BCUT2D eigenvalue weighted by Gasteiger charge is 2.15. The second-order valence-electron chi connectivity index (χ2n) is 4.51. The maximum atomic E-state index is 12.2. The van der Waals surface area contributed by atoms with Crippen LogP contribution in [0.2, 0.25) is 0 Å². The summed E-state index contributed by atoms with van der Waals surface area (Å²) in [7, 11) is 0. The topological polar surface area (TPSA) is 47.3 Å².